The van der Waals surface area contributed by atoms with Crippen LogP contribution in [0.1, 0.15) is 51.1 Å². The highest BCUT2D eigenvalue weighted by Gasteiger charge is 2.46. The number of carbonyl (C=O) groups excluding carboxylic acids is 1. The lowest BCUT2D eigenvalue weighted by Crippen LogP contribution is -2.45. The maximum absolute atomic E-state index is 12.3. The zero-order chi connectivity index (χ0) is 17.0. The quantitative estimate of drug-likeness (QED) is 0.839. The molecular weight excluding hydrogens is 304 g/mol. The van der Waals surface area contributed by atoms with Gasteiger partial charge in [-0.1, -0.05) is 6.07 Å². The third kappa shape index (κ3) is 4.07. The van der Waals surface area contributed by atoms with Crippen LogP contribution < -0.4 is 10.1 Å². The Kier molecular flexibility index (Phi) is 5.39. The maximum Gasteiger partial charge on any atom is 0.223 e. The molecule has 1 heterocycles. The molecule has 0 bridgehead atoms. The Balaban J connectivity index is 1.39. The van der Waals surface area contributed by atoms with Gasteiger partial charge in [0, 0.05) is 30.6 Å². The summed E-state index contributed by atoms with van der Waals surface area (Å²) in [5.41, 5.74) is 1.28. The van der Waals surface area contributed by atoms with E-state index >= 15 is 0 Å². The second-order valence-corrected chi connectivity index (χ2v) is 7.28. The van der Waals surface area contributed by atoms with Gasteiger partial charge in [0.25, 0.3) is 0 Å². The second kappa shape index (κ2) is 7.51. The van der Waals surface area contributed by atoms with E-state index in [4.69, 9.17) is 4.74 Å². The van der Waals surface area contributed by atoms with Crippen molar-refractivity contribution in [3.63, 3.8) is 0 Å². The minimum Gasteiger partial charge on any atom is -0.478 e. The summed E-state index contributed by atoms with van der Waals surface area (Å²) in [5.74, 6) is 0.948. The molecule has 2 saturated carbocycles. The molecule has 0 unspecified atom stereocenters. The third-order valence-corrected chi connectivity index (χ3v) is 5.51. The highest BCUT2D eigenvalue weighted by Crippen LogP contribution is 2.52. The molecule has 1 aromatic heterocycles. The van der Waals surface area contributed by atoms with Crippen molar-refractivity contribution in [2.75, 3.05) is 13.2 Å². The average molecular weight is 332 g/mol. The molecule has 24 heavy (non-hydrogen) atoms. The highest BCUT2D eigenvalue weighted by atomic mass is 16.5. The second-order valence-electron chi connectivity index (χ2n) is 7.28. The van der Waals surface area contributed by atoms with Crippen molar-refractivity contribution in [1.82, 2.24) is 10.3 Å². The van der Waals surface area contributed by atoms with Gasteiger partial charge in [-0.05, 0) is 56.9 Å². The molecule has 2 fully saturated rings. The fraction of sp³-hybridized carbons (Fsp3) is 0.684. The van der Waals surface area contributed by atoms with Gasteiger partial charge in [-0.3, -0.25) is 4.79 Å². The summed E-state index contributed by atoms with van der Waals surface area (Å²) in [6, 6.07) is 5.74. The molecule has 3 rings (SSSR count). The molecule has 1 amide bonds. The Morgan fingerprint density at radius 1 is 1.38 bits per heavy atom. The molecule has 0 aromatic carbocycles. The largest absolute Gasteiger partial charge is 0.478 e. The van der Waals surface area contributed by atoms with Crippen LogP contribution in [0, 0.1) is 11.3 Å². The molecule has 0 aliphatic heterocycles. The fourth-order valence-electron chi connectivity index (χ4n) is 4.12. The summed E-state index contributed by atoms with van der Waals surface area (Å²) in [4.78, 5) is 16.8. The molecular formula is C19H28N2O3. The van der Waals surface area contributed by atoms with E-state index in [9.17, 15) is 9.90 Å². The van der Waals surface area contributed by atoms with E-state index in [0.29, 0.717) is 24.4 Å². The molecule has 2 N–H and O–H groups in total. The number of aliphatic hydroxyl groups is 1. The van der Waals surface area contributed by atoms with Crippen LogP contribution in [0.3, 0.4) is 0 Å². The van der Waals surface area contributed by atoms with E-state index < -0.39 is 0 Å². The number of nitrogens with one attached hydrogen (secondary N) is 1. The van der Waals surface area contributed by atoms with Crippen LogP contribution >= 0.6 is 0 Å². The zero-order valence-electron chi connectivity index (χ0n) is 14.5. The molecule has 1 aromatic rings. The van der Waals surface area contributed by atoms with Crippen LogP contribution in [-0.4, -0.2) is 35.3 Å². The van der Waals surface area contributed by atoms with Crippen LogP contribution in [0.4, 0.5) is 0 Å². The number of nitrogens with zero attached hydrogens (tertiary/aromatic N) is 1. The Morgan fingerprint density at radius 2 is 2.12 bits per heavy atom. The molecule has 2 aliphatic rings. The fourth-order valence-corrected chi connectivity index (χ4v) is 4.12. The van der Waals surface area contributed by atoms with Crippen LogP contribution in [0.2, 0.25) is 0 Å². The topological polar surface area (TPSA) is 71.5 Å². The Hall–Kier alpha value is -1.62. The van der Waals surface area contributed by atoms with Crippen molar-refractivity contribution < 1.29 is 14.6 Å². The molecule has 0 atom stereocenters. The van der Waals surface area contributed by atoms with E-state index in [1.54, 1.807) is 0 Å². The van der Waals surface area contributed by atoms with E-state index in [1.165, 1.54) is 0 Å². The Labute approximate surface area is 143 Å². The van der Waals surface area contributed by atoms with E-state index in [0.717, 1.165) is 50.6 Å². The molecule has 5 heteroatoms. The molecule has 1 spiro atoms. The predicted molar refractivity (Wildman–Crippen MR) is 91.8 cm³/mol. The first-order valence-electron chi connectivity index (χ1n) is 9.15. The monoisotopic (exact) mass is 332 g/mol. The normalized spacial score (nSPS) is 29.1. The van der Waals surface area contributed by atoms with Crippen molar-refractivity contribution >= 4 is 5.91 Å². The maximum atomic E-state index is 12.3. The molecule has 132 valence electrons. The summed E-state index contributed by atoms with van der Waals surface area (Å²) in [5, 5.41) is 12.6. The van der Waals surface area contributed by atoms with Gasteiger partial charge in [-0.15, -0.1) is 0 Å². The van der Waals surface area contributed by atoms with Crippen molar-refractivity contribution in [3.05, 3.63) is 23.9 Å². The van der Waals surface area contributed by atoms with Crippen molar-refractivity contribution in [2.24, 2.45) is 11.3 Å². The first kappa shape index (κ1) is 17.2. The first-order valence-corrected chi connectivity index (χ1v) is 9.15. The summed E-state index contributed by atoms with van der Waals surface area (Å²) < 4.78 is 5.40. The minimum atomic E-state index is -0.102. The Morgan fingerprint density at radius 3 is 2.79 bits per heavy atom. The first-order chi connectivity index (χ1) is 11.6. The molecule has 0 radical (unpaired) electrons. The third-order valence-electron chi connectivity index (χ3n) is 5.51. The number of pyridine rings is 1. The summed E-state index contributed by atoms with van der Waals surface area (Å²) >= 11 is 0. The van der Waals surface area contributed by atoms with Gasteiger partial charge in [0.05, 0.1) is 12.7 Å². The van der Waals surface area contributed by atoms with E-state index in [-0.39, 0.29) is 17.9 Å². The number of carbonyl (C=O) groups is 1. The number of hydrogen-bond donors (Lipinski definition) is 2. The van der Waals surface area contributed by atoms with Crippen LogP contribution in [0.25, 0.3) is 0 Å². The van der Waals surface area contributed by atoms with Crippen LogP contribution in [0.5, 0.6) is 5.88 Å². The number of aliphatic hydroxyl groups excluding tert-OH is 1. The Bertz CT molecular complexity index is 559. The number of hydrogen-bond acceptors (Lipinski definition) is 4. The lowest BCUT2D eigenvalue weighted by molar-refractivity contribution is -0.129. The van der Waals surface area contributed by atoms with Gasteiger partial charge in [0.15, 0.2) is 0 Å². The number of aromatic nitrogens is 1. The van der Waals surface area contributed by atoms with Crippen LogP contribution in [-0.2, 0) is 11.2 Å². The highest BCUT2D eigenvalue weighted by molar-refractivity contribution is 5.78. The van der Waals surface area contributed by atoms with E-state index in [1.807, 2.05) is 25.1 Å². The number of ether oxygens (including phenoxy) is 1. The van der Waals surface area contributed by atoms with Gasteiger partial charge in [-0.25, -0.2) is 4.98 Å². The van der Waals surface area contributed by atoms with Crippen molar-refractivity contribution in [3.8, 4) is 5.88 Å². The predicted octanol–water partition coefficient (Wildman–Crippen LogP) is 2.47. The summed E-state index contributed by atoms with van der Waals surface area (Å²) in [7, 11) is 0. The summed E-state index contributed by atoms with van der Waals surface area (Å²) in [6.45, 7) is 3.16. The number of amides is 1. The molecule has 5 nitrogen and oxygen atoms in total. The SMILES string of the molecule is CCOc1cccc(CCNC(=O)C2CCC3(CC2)CC(O)C3)n1. The smallest absolute Gasteiger partial charge is 0.223 e. The van der Waals surface area contributed by atoms with Crippen LogP contribution in [0.15, 0.2) is 18.2 Å². The van der Waals surface area contributed by atoms with Crippen molar-refractivity contribution in [1.29, 1.82) is 0 Å². The van der Waals surface area contributed by atoms with E-state index in [2.05, 4.69) is 10.3 Å². The molecule has 2 aliphatic carbocycles. The average Bonchev–Trinajstić information content (AvgIpc) is 2.55. The standard InChI is InChI=1S/C19H28N2O3/c1-2-24-17-5-3-4-15(21-17)8-11-20-18(23)14-6-9-19(10-7-14)12-16(22)13-19/h3-5,14,16,22H,2,6-13H2,1H3,(H,20,23). The van der Waals surface area contributed by atoms with Gasteiger partial charge in [-0.2, -0.15) is 0 Å². The van der Waals surface area contributed by atoms with Gasteiger partial charge in [0.1, 0.15) is 0 Å². The van der Waals surface area contributed by atoms with Gasteiger partial charge >= 0.3 is 0 Å². The van der Waals surface area contributed by atoms with Gasteiger partial charge < -0.3 is 15.2 Å². The van der Waals surface area contributed by atoms with Gasteiger partial charge in [0.2, 0.25) is 11.8 Å². The summed E-state index contributed by atoms with van der Waals surface area (Å²) in [6.07, 6.45) is 6.56. The lowest BCUT2D eigenvalue weighted by Gasteiger charge is -2.49. The lowest BCUT2D eigenvalue weighted by atomic mass is 9.58. The van der Waals surface area contributed by atoms with Crippen molar-refractivity contribution in [2.45, 2.75) is 58.0 Å². The molecule has 0 saturated heterocycles. The number of rotatable bonds is 6. The minimum absolute atomic E-state index is 0.102. The zero-order valence-corrected chi connectivity index (χ0v) is 14.5.